The number of oxazole rings is 1. The average Bonchev–Trinajstić information content (AvgIpc) is 2.97. The standard InChI is InChI=1S/C15H17ClN2O2/c1-15(19)5-6-18(10-15)8-13-9-20-14(17-13)11-3-2-4-12(16)7-11/h2-4,7,9,19H,5-6,8,10H2,1H3. The molecule has 4 nitrogen and oxygen atoms in total. The Morgan fingerprint density at radius 3 is 3.05 bits per heavy atom. The third kappa shape index (κ3) is 3.03. The van der Waals surface area contributed by atoms with Gasteiger partial charge in [0.05, 0.1) is 11.3 Å². The molecule has 1 atom stereocenters. The van der Waals surface area contributed by atoms with E-state index in [4.69, 9.17) is 16.0 Å². The predicted molar refractivity (Wildman–Crippen MR) is 77.5 cm³/mol. The summed E-state index contributed by atoms with van der Waals surface area (Å²) in [5.41, 5.74) is 1.16. The third-order valence-corrected chi connectivity index (χ3v) is 3.77. The molecule has 1 fully saturated rings. The Morgan fingerprint density at radius 2 is 2.35 bits per heavy atom. The first kappa shape index (κ1) is 13.6. The molecule has 1 aromatic carbocycles. The molecule has 1 unspecified atom stereocenters. The van der Waals surface area contributed by atoms with E-state index in [0.29, 0.717) is 24.0 Å². The van der Waals surface area contributed by atoms with Gasteiger partial charge in [0.1, 0.15) is 6.26 Å². The number of rotatable bonds is 3. The topological polar surface area (TPSA) is 49.5 Å². The number of hydrogen-bond acceptors (Lipinski definition) is 4. The summed E-state index contributed by atoms with van der Waals surface area (Å²) in [4.78, 5) is 6.66. The summed E-state index contributed by atoms with van der Waals surface area (Å²) in [6.07, 6.45) is 2.47. The van der Waals surface area contributed by atoms with Gasteiger partial charge in [-0.3, -0.25) is 4.90 Å². The molecule has 3 rings (SSSR count). The number of benzene rings is 1. The van der Waals surface area contributed by atoms with Gasteiger partial charge in [0.15, 0.2) is 0 Å². The molecule has 0 spiro atoms. The highest BCUT2D eigenvalue weighted by atomic mass is 35.5. The van der Waals surface area contributed by atoms with E-state index in [0.717, 1.165) is 24.2 Å². The molecule has 0 saturated carbocycles. The second-order valence-corrected chi connectivity index (χ2v) is 6.05. The van der Waals surface area contributed by atoms with Crippen molar-refractivity contribution >= 4 is 11.6 Å². The lowest BCUT2D eigenvalue weighted by Crippen LogP contribution is -2.29. The van der Waals surface area contributed by atoms with Crippen LogP contribution in [0.3, 0.4) is 0 Å². The SMILES string of the molecule is CC1(O)CCN(Cc2coc(-c3cccc(Cl)c3)n2)C1. The molecule has 1 aromatic heterocycles. The second-order valence-electron chi connectivity index (χ2n) is 5.61. The monoisotopic (exact) mass is 292 g/mol. The van der Waals surface area contributed by atoms with Gasteiger partial charge in [-0.2, -0.15) is 0 Å². The van der Waals surface area contributed by atoms with Crippen LogP contribution in [-0.4, -0.2) is 33.7 Å². The van der Waals surface area contributed by atoms with Crippen LogP contribution in [0.2, 0.25) is 5.02 Å². The Morgan fingerprint density at radius 1 is 1.50 bits per heavy atom. The fourth-order valence-corrected chi connectivity index (χ4v) is 2.73. The molecule has 1 aliphatic rings. The van der Waals surface area contributed by atoms with Gasteiger partial charge in [0.2, 0.25) is 5.89 Å². The van der Waals surface area contributed by atoms with Crippen LogP contribution >= 0.6 is 11.6 Å². The van der Waals surface area contributed by atoms with E-state index in [1.54, 1.807) is 6.26 Å². The number of halogens is 1. The van der Waals surface area contributed by atoms with Crippen molar-refractivity contribution in [1.29, 1.82) is 0 Å². The first-order valence-corrected chi connectivity index (χ1v) is 7.05. The molecular weight excluding hydrogens is 276 g/mol. The van der Waals surface area contributed by atoms with Crippen molar-refractivity contribution in [1.82, 2.24) is 9.88 Å². The van der Waals surface area contributed by atoms with Crippen molar-refractivity contribution < 1.29 is 9.52 Å². The Labute approximate surface area is 123 Å². The van der Waals surface area contributed by atoms with Crippen LogP contribution < -0.4 is 0 Å². The summed E-state index contributed by atoms with van der Waals surface area (Å²) in [6.45, 7) is 4.12. The van der Waals surface area contributed by atoms with Crippen molar-refractivity contribution in [3.8, 4) is 11.5 Å². The predicted octanol–water partition coefficient (Wildman–Crippen LogP) is 2.95. The van der Waals surface area contributed by atoms with Crippen molar-refractivity contribution in [3.63, 3.8) is 0 Å². The average molecular weight is 293 g/mol. The van der Waals surface area contributed by atoms with E-state index >= 15 is 0 Å². The Kier molecular flexibility index (Phi) is 3.54. The van der Waals surface area contributed by atoms with Crippen LogP contribution in [0.15, 0.2) is 34.9 Å². The Hall–Kier alpha value is -1.36. The second kappa shape index (κ2) is 5.20. The molecule has 20 heavy (non-hydrogen) atoms. The Balaban J connectivity index is 1.71. The zero-order valence-corrected chi connectivity index (χ0v) is 12.1. The Bertz CT molecular complexity index is 609. The van der Waals surface area contributed by atoms with E-state index in [1.165, 1.54) is 0 Å². The molecule has 1 saturated heterocycles. The number of β-amino-alcohol motifs (C(OH)–C–C–N with tert-alkyl or cyclic N) is 1. The first-order chi connectivity index (χ1) is 9.52. The molecule has 5 heteroatoms. The highest BCUT2D eigenvalue weighted by Crippen LogP contribution is 2.25. The molecule has 2 aromatic rings. The maximum atomic E-state index is 9.96. The molecule has 2 heterocycles. The molecule has 0 aliphatic carbocycles. The van der Waals surface area contributed by atoms with E-state index in [1.807, 2.05) is 31.2 Å². The fourth-order valence-electron chi connectivity index (χ4n) is 2.54. The number of aromatic nitrogens is 1. The van der Waals surface area contributed by atoms with Crippen LogP contribution in [0.1, 0.15) is 19.0 Å². The van der Waals surface area contributed by atoms with Crippen LogP contribution in [0.5, 0.6) is 0 Å². The van der Waals surface area contributed by atoms with Crippen LogP contribution in [-0.2, 0) is 6.54 Å². The first-order valence-electron chi connectivity index (χ1n) is 6.67. The van der Waals surface area contributed by atoms with Gasteiger partial charge in [-0.05, 0) is 31.5 Å². The number of aliphatic hydroxyl groups is 1. The normalized spacial score (nSPS) is 23.4. The van der Waals surface area contributed by atoms with Crippen molar-refractivity contribution in [2.45, 2.75) is 25.5 Å². The zero-order chi connectivity index (χ0) is 14.2. The maximum Gasteiger partial charge on any atom is 0.226 e. The maximum absolute atomic E-state index is 9.96. The number of nitrogens with zero attached hydrogens (tertiary/aromatic N) is 2. The van der Waals surface area contributed by atoms with Gasteiger partial charge in [-0.15, -0.1) is 0 Å². The van der Waals surface area contributed by atoms with Gasteiger partial charge in [-0.1, -0.05) is 17.7 Å². The fraction of sp³-hybridized carbons (Fsp3) is 0.400. The molecule has 106 valence electrons. The summed E-state index contributed by atoms with van der Waals surface area (Å²) in [5, 5.41) is 10.6. The van der Waals surface area contributed by atoms with Gasteiger partial charge >= 0.3 is 0 Å². The highest BCUT2D eigenvalue weighted by Gasteiger charge is 2.31. The highest BCUT2D eigenvalue weighted by molar-refractivity contribution is 6.30. The van der Waals surface area contributed by atoms with Crippen molar-refractivity contribution in [2.24, 2.45) is 0 Å². The van der Waals surface area contributed by atoms with Gasteiger partial charge in [0.25, 0.3) is 0 Å². The van der Waals surface area contributed by atoms with E-state index in [9.17, 15) is 5.11 Å². The lowest BCUT2D eigenvalue weighted by atomic mass is 10.1. The van der Waals surface area contributed by atoms with E-state index in [2.05, 4.69) is 9.88 Å². The van der Waals surface area contributed by atoms with E-state index < -0.39 is 5.60 Å². The van der Waals surface area contributed by atoms with Gasteiger partial charge in [0, 0.05) is 30.2 Å². The minimum Gasteiger partial charge on any atom is -0.444 e. The van der Waals surface area contributed by atoms with Crippen LogP contribution in [0.4, 0.5) is 0 Å². The van der Waals surface area contributed by atoms with Crippen LogP contribution in [0, 0.1) is 0 Å². The van der Waals surface area contributed by atoms with Crippen molar-refractivity contribution in [2.75, 3.05) is 13.1 Å². The van der Waals surface area contributed by atoms with E-state index in [-0.39, 0.29) is 0 Å². The molecular formula is C15H17ClN2O2. The molecule has 1 N–H and O–H groups in total. The van der Waals surface area contributed by atoms with Gasteiger partial charge in [-0.25, -0.2) is 4.98 Å². The summed E-state index contributed by atoms with van der Waals surface area (Å²) < 4.78 is 5.51. The quantitative estimate of drug-likeness (QED) is 0.945. The van der Waals surface area contributed by atoms with Crippen LogP contribution in [0.25, 0.3) is 11.5 Å². The summed E-state index contributed by atoms with van der Waals surface area (Å²) in [6, 6.07) is 7.44. The summed E-state index contributed by atoms with van der Waals surface area (Å²) in [5.74, 6) is 0.577. The smallest absolute Gasteiger partial charge is 0.226 e. The largest absolute Gasteiger partial charge is 0.444 e. The van der Waals surface area contributed by atoms with Crippen molar-refractivity contribution in [3.05, 3.63) is 41.2 Å². The molecule has 0 bridgehead atoms. The lowest BCUT2D eigenvalue weighted by Gasteiger charge is -2.17. The molecule has 0 amide bonds. The third-order valence-electron chi connectivity index (χ3n) is 3.54. The zero-order valence-electron chi connectivity index (χ0n) is 11.3. The summed E-state index contributed by atoms with van der Waals surface area (Å²) in [7, 11) is 0. The minimum absolute atomic E-state index is 0.577. The lowest BCUT2D eigenvalue weighted by molar-refractivity contribution is 0.0677. The minimum atomic E-state index is -0.584. The summed E-state index contributed by atoms with van der Waals surface area (Å²) >= 11 is 5.96. The molecule has 0 radical (unpaired) electrons. The van der Waals surface area contributed by atoms with Gasteiger partial charge < -0.3 is 9.52 Å². The number of hydrogen-bond donors (Lipinski definition) is 1. The number of likely N-dealkylation sites (tertiary alicyclic amines) is 1. The molecule has 1 aliphatic heterocycles.